The highest BCUT2D eigenvalue weighted by molar-refractivity contribution is 5.73. The summed E-state index contributed by atoms with van der Waals surface area (Å²) in [5, 5.41) is 0. The van der Waals surface area contributed by atoms with Gasteiger partial charge in [-0.3, -0.25) is 4.79 Å². The second-order valence-electron chi connectivity index (χ2n) is 5.28. The SMILES string of the molecule is COC(=O)C1CCCN(c2ncc(C(C)C)cn2)C1. The predicted molar refractivity (Wildman–Crippen MR) is 73.1 cm³/mol. The molecule has 1 aliphatic heterocycles. The summed E-state index contributed by atoms with van der Waals surface area (Å²) < 4.78 is 4.82. The van der Waals surface area contributed by atoms with Crippen molar-refractivity contribution in [1.29, 1.82) is 0 Å². The molecule has 5 heteroatoms. The zero-order valence-corrected chi connectivity index (χ0v) is 11.8. The average Bonchev–Trinajstić information content (AvgIpc) is 2.46. The summed E-state index contributed by atoms with van der Waals surface area (Å²) in [7, 11) is 1.44. The normalized spacial score (nSPS) is 19.6. The van der Waals surface area contributed by atoms with E-state index in [9.17, 15) is 4.79 Å². The molecule has 1 fully saturated rings. The number of aromatic nitrogens is 2. The number of anilines is 1. The van der Waals surface area contributed by atoms with Crippen LogP contribution in [0.4, 0.5) is 5.95 Å². The molecule has 0 amide bonds. The minimum atomic E-state index is -0.136. The van der Waals surface area contributed by atoms with E-state index >= 15 is 0 Å². The van der Waals surface area contributed by atoms with Gasteiger partial charge in [0, 0.05) is 25.5 Å². The number of carbonyl (C=O) groups is 1. The molecule has 1 aliphatic rings. The lowest BCUT2D eigenvalue weighted by Crippen LogP contribution is -2.40. The summed E-state index contributed by atoms with van der Waals surface area (Å²) in [5.74, 6) is 0.937. The van der Waals surface area contributed by atoms with Gasteiger partial charge >= 0.3 is 5.97 Å². The molecule has 0 aliphatic carbocycles. The zero-order chi connectivity index (χ0) is 13.8. The first kappa shape index (κ1) is 13.8. The van der Waals surface area contributed by atoms with Gasteiger partial charge in [0.15, 0.2) is 0 Å². The largest absolute Gasteiger partial charge is 0.469 e. The number of methoxy groups -OCH3 is 1. The summed E-state index contributed by atoms with van der Waals surface area (Å²) in [5.41, 5.74) is 1.13. The fraction of sp³-hybridized carbons (Fsp3) is 0.643. The monoisotopic (exact) mass is 263 g/mol. The number of piperidine rings is 1. The third-order valence-electron chi connectivity index (χ3n) is 3.56. The Morgan fingerprint density at radius 1 is 1.42 bits per heavy atom. The molecule has 2 rings (SSSR count). The minimum Gasteiger partial charge on any atom is -0.469 e. The van der Waals surface area contributed by atoms with Crippen LogP contribution in [0.3, 0.4) is 0 Å². The second kappa shape index (κ2) is 5.99. The maximum absolute atomic E-state index is 11.6. The van der Waals surface area contributed by atoms with Gasteiger partial charge in [0.25, 0.3) is 0 Å². The lowest BCUT2D eigenvalue weighted by molar-refractivity contribution is -0.145. The van der Waals surface area contributed by atoms with Crippen molar-refractivity contribution in [3.8, 4) is 0 Å². The standard InChI is InChI=1S/C14H21N3O2/c1-10(2)12-7-15-14(16-8-12)17-6-4-5-11(9-17)13(18)19-3/h7-8,10-11H,4-6,9H2,1-3H3. The van der Waals surface area contributed by atoms with Gasteiger partial charge in [-0.2, -0.15) is 0 Å². The van der Waals surface area contributed by atoms with Crippen LogP contribution in [0.2, 0.25) is 0 Å². The maximum Gasteiger partial charge on any atom is 0.310 e. The molecule has 1 atom stereocenters. The van der Waals surface area contributed by atoms with E-state index in [0.717, 1.165) is 24.9 Å². The Labute approximate surface area is 114 Å². The van der Waals surface area contributed by atoms with E-state index in [1.165, 1.54) is 7.11 Å². The van der Waals surface area contributed by atoms with Crippen molar-refractivity contribution in [1.82, 2.24) is 9.97 Å². The van der Waals surface area contributed by atoms with Crippen LogP contribution in [0.15, 0.2) is 12.4 Å². The molecule has 0 spiro atoms. The summed E-state index contributed by atoms with van der Waals surface area (Å²) in [6.45, 7) is 5.78. The maximum atomic E-state index is 11.6. The van der Waals surface area contributed by atoms with Gasteiger partial charge in [-0.1, -0.05) is 13.8 Å². The van der Waals surface area contributed by atoms with Gasteiger partial charge in [0.1, 0.15) is 0 Å². The summed E-state index contributed by atoms with van der Waals surface area (Å²) in [4.78, 5) is 22.5. The lowest BCUT2D eigenvalue weighted by atomic mass is 9.98. The Hall–Kier alpha value is -1.65. The molecular formula is C14H21N3O2. The van der Waals surface area contributed by atoms with Crippen molar-refractivity contribution in [2.75, 3.05) is 25.1 Å². The van der Waals surface area contributed by atoms with Crippen molar-refractivity contribution in [2.24, 2.45) is 5.92 Å². The molecular weight excluding hydrogens is 242 g/mol. The molecule has 0 saturated carbocycles. The Morgan fingerprint density at radius 3 is 2.68 bits per heavy atom. The molecule has 1 aromatic heterocycles. The Morgan fingerprint density at radius 2 is 2.11 bits per heavy atom. The first-order valence-corrected chi connectivity index (χ1v) is 6.76. The van der Waals surface area contributed by atoms with Crippen LogP contribution >= 0.6 is 0 Å². The fourth-order valence-electron chi connectivity index (χ4n) is 2.31. The van der Waals surface area contributed by atoms with E-state index in [0.29, 0.717) is 18.4 Å². The average molecular weight is 263 g/mol. The quantitative estimate of drug-likeness (QED) is 0.781. The van der Waals surface area contributed by atoms with Crippen LogP contribution < -0.4 is 4.90 Å². The number of hydrogen-bond acceptors (Lipinski definition) is 5. The first-order chi connectivity index (χ1) is 9.11. The molecule has 19 heavy (non-hydrogen) atoms. The molecule has 1 saturated heterocycles. The van der Waals surface area contributed by atoms with Crippen molar-refractivity contribution in [2.45, 2.75) is 32.6 Å². The Bertz CT molecular complexity index is 431. The van der Waals surface area contributed by atoms with Gasteiger partial charge < -0.3 is 9.64 Å². The van der Waals surface area contributed by atoms with Crippen LogP contribution in [0.1, 0.15) is 38.2 Å². The van der Waals surface area contributed by atoms with Crippen LogP contribution in [0, 0.1) is 5.92 Å². The molecule has 1 aromatic rings. The first-order valence-electron chi connectivity index (χ1n) is 6.76. The van der Waals surface area contributed by atoms with E-state index in [2.05, 4.69) is 28.7 Å². The van der Waals surface area contributed by atoms with Crippen LogP contribution in [-0.4, -0.2) is 36.1 Å². The molecule has 0 bridgehead atoms. The van der Waals surface area contributed by atoms with Crippen molar-refractivity contribution >= 4 is 11.9 Å². The van der Waals surface area contributed by atoms with Crippen LogP contribution in [0.5, 0.6) is 0 Å². The number of nitrogens with zero attached hydrogens (tertiary/aromatic N) is 3. The predicted octanol–water partition coefficient (Wildman–Crippen LogP) is 1.99. The molecule has 0 N–H and O–H groups in total. The van der Waals surface area contributed by atoms with E-state index in [-0.39, 0.29) is 11.9 Å². The molecule has 104 valence electrons. The zero-order valence-electron chi connectivity index (χ0n) is 11.8. The van der Waals surface area contributed by atoms with Crippen LogP contribution in [0.25, 0.3) is 0 Å². The second-order valence-corrected chi connectivity index (χ2v) is 5.28. The van der Waals surface area contributed by atoms with E-state index in [1.807, 2.05) is 12.4 Å². The summed E-state index contributed by atoms with van der Waals surface area (Å²) in [6.07, 6.45) is 5.59. The van der Waals surface area contributed by atoms with Gasteiger partial charge in [0.05, 0.1) is 13.0 Å². The van der Waals surface area contributed by atoms with E-state index in [4.69, 9.17) is 4.74 Å². The Balaban J connectivity index is 2.06. The van der Waals surface area contributed by atoms with Crippen molar-refractivity contribution < 1.29 is 9.53 Å². The Kier molecular flexibility index (Phi) is 4.35. The number of carbonyl (C=O) groups excluding carboxylic acids is 1. The van der Waals surface area contributed by atoms with Crippen molar-refractivity contribution in [3.05, 3.63) is 18.0 Å². The summed E-state index contributed by atoms with van der Waals surface area (Å²) >= 11 is 0. The van der Waals surface area contributed by atoms with Gasteiger partial charge in [-0.25, -0.2) is 9.97 Å². The smallest absolute Gasteiger partial charge is 0.310 e. The molecule has 0 aromatic carbocycles. The highest BCUT2D eigenvalue weighted by Crippen LogP contribution is 2.22. The van der Waals surface area contributed by atoms with Crippen LogP contribution in [-0.2, 0) is 9.53 Å². The fourth-order valence-corrected chi connectivity index (χ4v) is 2.31. The molecule has 2 heterocycles. The molecule has 0 radical (unpaired) electrons. The number of ether oxygens (including phenoxy) is 1. The highest BCUT2D eigenvalue weighted by atomic mass is 16.5. The number of rotatable bonds is 3. The van der Waals surface area contributed by atoms with Gasteiger partial charge in [0.2, 0.25) is 5.95 Å². The highest BCUT2D eigenvalue weighted by Gasteiger charge is 2.27. The number of hydrogen-bond donors (Lipinski definition) is 0. The minimum absolute atomic E-state index is 0.0628. The van der Waals surface area contributed by atoms with Crippen molar-refractivity contribution in [3.63, 3.8) is 0 Å². The summed E-state index contributed by atoms with van der Waals surface area (Å²) in [6, 6.07) is 0. The third-order valence-corrected chi connectivity index (χ3v) is 3.56. The van der Waals surface area contributed by atoms with Gasteiger partial charge in [-0.05, 0) is 24.3 Å². The number of esters is 1. The van der Waals surface area contributed by atoms with E-state index in [1.54, 1.807) is 0 Å². The lowest BCUT2D eigenvalue weighted by Gasteiger charge is -2.31. The third kappa shape index (κ3) is 3.22. The molecule has 1 unspecified atom stereocenters. The van der Waals surface area contributed by atoms with Gasteiger partial charge in [-0.15, -0.1) is 0 Å². The van der Waals surface area contributed by atoms with E-state index < -0.39 is 0 Å². The molecule has 5 nitrogen and oxygen atoms in total. The topological polar surface area (TPSA) is 55.3 Å².